The van der Waals surface area contributed by atoms with E-state index in [1.165, 1.54) is 15.6 Å². The Morgan fingerprint density at radius 2 is 1.89 bits per heavy atom. The molecule has 12 heteroatoms. The lowest BCUT2D eigenvalue weighted by Crippen LogP contribution is -2.33. The zero-order valence-corrected chi connectivity index (χ0v) is 26.3. The quantitative estimate of drug-likeness (QED) is 0.139. The number of halogens is 2. The largest absolute Gasteiger partial charge is 0.490 e. The van der Waals surface area contributed by atoms with E-state index in [2.05, 4.69) is 46.8 Å². The number of rotatable bonds is 14. The van der Waals surface area contributed by atoms with Crippen molar-refractivity contribution in [2.75, 3.05) is 37.1 Å². The van der Waals surface area contributed by atoms with Gasteiger partial charge < -0.3 is 9.64 Å². The van der Waals surface area contributed by atoms with Gasteiger partial charge in [-0.15, -0.1) is 11.3 Å². The number of aromatic nitrogens is 3. The van der Waals surface area contributed by atoms with Crippen LogP contribution in [-0.2, 0) is 10.0 Å². The molecule has 0 spiro atoms. The van der Waals surface area contributed by atoms with Gasteiger partial charge in [0.15, 0.2) is 15.1 Å². The molecular formula is C26H35BrClN5O3S2. The Balaban J connectivity index is 1.76. The second-order valence-electron chi connectivity index (χ2n) is 9.17. The highest BCUT2D eigenvalue weighted by atomic mass is 79.9. The molecule has 0 amide bonds. The standard InChI is InChI=1S/C26H35BrClN5O3S2/c1-5-8-9-10-13-32(38(34,35)25-24(28)29-26-31(25)15-17-37-26)20-11-12-22-21(18-20)23(19(4)33(22)27)36-16-14-30(6-2)7-3/h11-12,15,17-18H,5-10,13-14,16H2,1-4H3. The Morgan fingerprint density at radius 3 is 2.61 bits per heavy atom. The molecule has 0 saturated heterocycles. The van der Waals surface area contributed by atoms with E-state index in [1.807, 2.05) is 28.7 Å². The van der Waals surface area contributed by atoms with Crippen molar-refractivity contribution in [1.82, 2.24) is 17.9 Å². The van der Waals surface area contributed by atoms with E-state index in [0.29, 0.717) is 23.8 Å². The van der Waals surface area contributed by atoms with Crippen molar-refractivity contribution in [2.24, 2.45) is 0 Å². The van der Waals surface area contributed by atoms with Crippen LogP contribution in [0.1, 0.15) is 52.1 Å². The van der Waals surface area contributed by atoms with Gasteiger partial charge in [0.05, 0.1) is 33.0 Å². The molecule has 0 aliphatic rings. The van der Waals surface area contributed by atoms with Crippen LogP contribution in [0.2, 0.25) is 5.15 Å². The lowest BCUT2D eigenvalue weighted by Gasteiger charge is -2.24. The molecule has 38 heavy (non-hydrogen) atoms. The molecule has 1 aromatic carbocycles. The zero-order chi connectivity index (χ0) is 27.4. The highest BCUT2D eigenvalue weighted by Gasteiger charge is 2.32. The molecule has 0 aliphatic carbocycles. The SMILES string of the molecule is CCCCCCN(c1ccc2c(c1)c(OCCN(CC)CC)c(C)n2Br)S(=O)(=O)c1c(Cl)nc2sccn12. The third-order valence-corrected chi connectivity index (χ3v) is 10.7. The van der Waals surface area contributed by atoms with Crippen LogP contribution in [0.15, 0.2) is 34.8 Å². The van der Waals surface area contributed by atoms with Gasteiger partial charge in [-0.3, -0.25) is 12.3 Å². The van der Waals surface area contributed by atoms with E-state index >= 15 is 0 Å². The number of imidazole rings is 1. The van der Waals surface area contributed by atoms with Crippen molar-refractivity contribution < 1.29 is 13.2 Å². The smallest absolute Gasteiger partial charge is 0.283 e. The maximum absolute atomic E-state index is 14.1. The molecule has 0 bridgehead atoms. The summed E-state index contributed by atoms with van der Waals surface area (Å²) in [6, 6.07) is 5.68. The van der Waals surface area contributed by atoms with Gasteiger partial charge in [0.1, 0.15) is 12.4 Å². The average molecular weight is 645 g/mol. The summed E-state index contributed by atoms with van der Waals surface area (Å²) in [4.78, 5) is 7.13. The van der Waals surface area contributed by atoms with Gasteiger partial charge in [0.25, 0.3) is 10.0 Å². The number of fused-ring (bicyclic) bond motifs is 2. The van der Waals surface area contributed by atoms with Crippen LogP contribution >= 0.6 is 39.1 Å². The first-order chi connectivity index (χ1) is 18.2. The summed E-state index contributed by atoms with van der Waals surface area (Å²) in [5.41, 5.74) is 2.41. The molecule has 0 aliphatic heterocycles. The van der Waals surface area contributed by atoms with Gasteiger partial charge >= 0.3 is 0 Å². The highest BCUT2D eigenvalue weighted by Crippen LogP contribution is 2.38. The molecule has 0 fully saturated rings. The fourth-order valence-electron chi connectivity index (χ4n) is 4.64. The number of thiazole rings is 1. The molecule has 3 aromatic heterocycles. The number of hydrogen-bond donors (Lipinski definition) is 0. The summed E-state index contributed by atoms with van der Waals surface area (Å²) in [7, 11) is -4.00. The summed E-state index contributed by atoms with van der Waals surface area (Å²) in [5.74, 6) is 0.747. The topological polar surface area (TPSA) is 72.1 Å². The maximum Gasteiger partial charge on any atom is 0.283 e. The lowest BCUT2D eigenvalue weighted by atomic mass is 10.2. The minimum absolute atomic E-state index is 0.00376. The first-order valence-corrected chi connectivity index (χ1v) is 16.4. The zero-order valence-electron chi connectivity index (χ0n) is 22.3. The summed E-state index contributed by atoms with van der Waals surface area (Å²) in [6.45, 7) is 12.0. The van der Waals surface area contributed by atoms with Crippen molar-refractivity contribution in [3.8, 4) is 5.75 Å². The number of anilines is 1. The summed E-state index contributed by atoms with van der Waals surface area (Å²) < 4.78 is 39.5. The van der Waals surface area contributed by atoms with Gasteiger partial charge in [-0.2, -0.15) is 8.42 Å². The van der Waals surface area contributed by atoms with Crippen molar-refractivity contribution in [2.45, 2.75) is 58.4 Å². The Hall–Kier alpha value is -1.79. The van der Waals surface area contributed by atoms with Crippen LogP contribution in [0.3, 0.4) is 0 Å². The maximum atomic E-state index is 14.1. The van der Waals surface area contributed by atoms with Gasteiger partial charge in [0.2, 0.25) is 0 Å². The van der Waals surface area contributed by atoms with Crippen molar-refractivity contribution in [3.05, 3.63) is 40.6 Å². The Kier molecular flexibility index (Phi) is 9.67. The van der Waals surface area contributed by atoms with Crippen LogP contribution in [-0.4, -0.2) is 59.1 Å². The predicted octanol–water partition coefficient (Wildman–Crippen LogP) is 6.97. The number of benzene rings is 1. The van der Waals surface area contributed by atoms with E-state index < -0.39 is 10.0 Å². The number of nitrogens with zero attached hydrogens (tertiary/aromatic N) is 5. The minimum Gasteiger partial charge on any atom is -0.490 e. The van der Waals surface area contributed by atoms with Gasteiger partial charge in [-0.1, -0.05) is 51.6 Å². The van der Waals surface area contributed by atoms with E-state index in [9.17, 15) is 8.42 Å². The Morgan fingerprint density at radius 1 is 1.13 bits per heavy atom. The van der Waals surface area contributed by atoms with Crippen LogP contribution in [0.4, 0.5) is 5.69 Å². The monoisotopic (exact) mass is 643 g/mol. The summed E-state index contributed by atoms with van der Waals surface area (Å²) >= 11 is 11.4. The van der Waals surface area contributed by atoms with Crippen LogP contribution < -0.4 is 9.04 Å². The van der Waals surface area contributed by atoms with E-state index in [4.69, 9.17) is 16.3 Å². The molecule has 208 valence electrons. The Labute approximate surface area is 242 Å². The van der Waals surface area contributed by atoms with E-state index in [1.54, 1.807) is 16.0 Å². The normalized spacial score (nSPS) is 12.3. The second kappa shape index (κ2) is 12.6. The molecular weight excluding hydrogens is 610 g/mol. The van der Waals surface area contributed by atoms with Gasteiger partial charge in [-0.05, 0) is 44.6 Å². The molecule has 0 saturated carbocycles. The number of ether oxygens (including phenoxy) is 1. The van der Waals surface area contributed by atoms with Crippen LogP contribution in [0, 0.1) is 6.92 Å². The number of unbranched alkanes of at least 4 members (excludes halogenated alkanes) is 3. The third kappa shape index (κ3) is 5.72. The van der Waals surface area contributed by atoms with Crippen LogP contribution in [0.25, 0.3) is 15.9 Å². The highest BCUT2D eigenvalue weighted by molar-refractivity contribution is 9.08. The lowest BCUT2D eigenvalue weighted by molar-refractivity contribution is 0.223. The fourth-order valence-corrected chi connectivity index (χ4v) is 8.02. The predicted molar refractivity (Wildman–Crippen MR) is 161 cm³/mol. The molecule has 8 nitrogen and oxygen atoms in total. The second-order valence-corrected chi connectivity index (χ2v) is 12.9. The molecule has 0 unspecified atom stereocenters. The minimum atomic E-state index is -4.00. The molecule has 4 aromatic rings. The number of sulfonamides is 1. The van der Waals surface area contributed by atoms with Crippen molar-refractivity contribution >= 4 is 70.7 Å². The summed E-state index contributed by atoms with van der Waals surface area (Å²) in [6.07, 6.45) is 5.48. The van der Waals surface area contributed by atoms with Crippen molar-refractivity contribution in [1.29, 1.82) is 0 Å². The first kappa shape index (κ1) is 29.2. The van der Waals surface area contributed by atoms with Gasteiger partial charge in [-0.25, -0.2) is 4.98 Å². The number of likely N-dealkylation sites (N-methyl/N-ethyl adjacent to an activating group) is 1. The van der Waals surface area contributed by atoms with Gasteiger partial charge in [0, 0.05) is 30.1 Å². The van der Waals surface area contributed by atoms with Crippen LogP contribution in [0.5, 0.6) is 5.75 Å². The van der Waals surface area contributed by atoms with E-state index in [0.717, 1.165) is 67.7 Å². The Bertz CT molecular complexity index is 1490. The average Bonchev–Trinajstić information content (AvgIpc) is 3.53. The first-order valence-electron chi connectivity index (χ1n) is 13.0. The number of hydrogen-bond acceptors (Lipinski definition) is 6. The molecule has 0 atom stereocenters. The molecule has 4 rings (SSSR count). The third-order valence-electron chi connectivity index (χ3n) is 6.82. The van der Waals surface area contributed by atoms with Crippen molar-refractivity contribution in [3.63, 3.8) is 0 Å². The fraction of sp³-hybridized carbons (Fsp3) is 0.500. The van der Waals surface area contributed by atoms with E-state index in [-0.39, 0.29) is 10.2 Å². The molecule has 0 radical (unpaired) electrons. The summed E-state index contributed by atoms with van der Waals surface area (Å²) in [5, 5.41) is 2.64. The molecule has 3 heterocycles. The molecule has 0 N–H and O–H groups in total.